The van der Waals surface area contributed by atoms with Crippen LogP contribution in [-0.4, -0.2) is 32.5 Å². The third-order valence-electron chi connectivity index (χ3n) is 5.80. The van der Waals surface area contributed by atoms with E-state index in [1.54, 1.807) is 12.1 Å². The predicted molar refractivity (Wildman–Crippen MR) is 119 cm³/mol. The Kier molecular flexibility index (Phi) is 6.63. The minimum atomic E-state index is -0.235. The van der Waals surface area contributed by atoms with Crippen LogP contribution in [0.25, 0.3) is 0 Å². The van der Waals surface area contributed by atoms with Gasteiger partial charge >= 0.3 is 0 Å². The summed E-state index contributed by atoms with van der Waals surface area (Å²) in [5.41, 5.74) is 4.01. The van der Waals surface area contributed by atoms with Crippen LogP contribution in [0.1, 0.15) is 79.4 Å². The summed E-state index contributed by atoms with van der Waals surface area (Å²) in [5, 5.41) is 8.10. The van der Waals surface area contributed by atoms with Crippen molar-refractivity contribution in [2.75, 3.05) is 6.54 Å². The van der Waals surface area contributed by atoms with Crippen molar-refractivity contribution in [3.63, 3.8) is 0 Å². The fourth-order valence-electron chi connectivity index (χ4n) is 4.21. The fourth-order valence-corrected chi connectivity index (χ4v) is 4.21. The monoisotopic (exact) mass is 436 g/mol. The Morgan fingerprint density at radius 2 is 1.97 bits per heavy atom. The van der Waals surface area contributed by atoms with Gasteiger partial charge in [0.1, 0.15) is 5.82 Å². The average molecular weight is 437 g/mol. The zero-order valence-corrected chi connectivity index (χ0v) is 18.8. The lowest BCUT2D eigenvalue weighted by atomic mass is 10.0. The Labute approximate surface area is 187 Å². The molecule has 0 unspecified atom stereocenters. The topological polar surface area (TPSA) is 72.1 Å². The van der Waals surface area contributed by atoms with E-state index < -0.39 is 0 Å². The first-order valence-corrected chi connectivity index (χ1v) is 11.2. The standard InChI is InChI=1S/C25H29FN4O2/c1-16(2)25-29-28-23(32-25)10-11-24(31)30-12-4-5-22(30)21-15-19(13-17(3)27-21)14-18-6-8-20(26)9-7-18/h6-9,13,15-16,22H,4-5,10-12,14H2,1-3H3/t22-/m0/s1. The van der Waals surface area contributed by atoms with Crippen molar-refractivity contribution < 1.29 is 13.6 Å². The number of aromatic nitrogens is 3. The highest BCUT2D eigenvalue weighted by atomic mass is 19.1. The second kappa shape index (κ2) is 9.59. The summed E-state index contributed by atoms with van der Waals surface area (Å²) in [6, 6.07) is 10.7. The van der Waals surface area contributed by atoms with Crippen LogP contribution in [0.3, 0.4) is 0 Å². The summed E-state index contributed by atoms with van der Waals surface area (Å²) >= 11 is 0. The average Bonchev–Trinajstić information content (AvgIpc) is 3.43. The van der Waals surface area contributed by atoms with E-state index in [4.69, 9.17) is 9.40 Å². The van der Waals surface area contributed by atoms with E-state index in [1.165, 1.54) is 12.1 Å². The number of likely N-dealkylation sites (tertiary alicyclic amines) is 1. The van der Waals surface area contributed by atoms with E-state index in [0.29, 0.717) is 31.0 Å². The lowest BCUT2D eigenvalue weighted by Gasteiger charge is -2.25. The number of benzene rings is 1. The zero-order valence-electron chi connectivity index (χ0n) is 18.8. The smallest absolute Gasteiger partial charge is 0.223 e. The molecule has 4 rings (SSSR count). The van der Waals surface area contributed by atoms with Crippen molar-refractivity contribution in [3.8, 4) is 0 Å². The first-order valence-electron chi connectivity index (χ1n) is 11.2. The van der Waals surface area contributed by atoms with E-state index >= 15 is 0 Å². The van der Waals surface area contributed by atoms with Crippen molar-refractivity contribution in [3.05, 3.63) is 76.5 Å². The third kappa shape index (κ3) is 5.21. The fraction of sp³-hybridized carbons (Fsp3) is 0.440. The summed E-state index contributed by atoms with van der Waals surface area (Å²) in [6.07, 6.45) is 3.34. The number of carbonyl (C=O) groups is 1. The van der Waals surface area contributed by atoms with Crippen LogP contribution in [-0.2, 0) is 17.6 Å². The van der Waals surface area contributed by atoms with Crippen LogP contribution < -0.4 is 0 Å². The van der Waals surface area contributed by atoms with Crippen molar-refractivity contribution in [1.29, 1.82) is 0 Å². The number of halogens is 1. The summed E-state index contributed by atoms with van der Waals surface area (Å²) in [7, 11) is 0. The van der Waals surface area contributed by atoms with E-state index in [9.17, 15) is 9.18 Å². The largest absolute Gasteiger partial charge is 0.425 e. The van der Waals surface area contributed by atoms with Gasteiger partial charge in [0.25, 0.3) is 0 Å². The van der Waals surface area contributed by atoms with E-state index in [-0.39, 0.29) is 23.7 Å². The van der Waals surface area contributed by atoms with Gasteiger partial charge in [-0.3, -0.25) is 9.78 Å². The number of hydrogen-bond acceptors (Lipinski definition) is 5. The summed E-state index contributed by atoms with van der Waals surface area (Å²) < 4.78 is 18.9. The van der Waals surface area contributed by atoms with Gasteiger partial charge in [0.2, 0.25) is 17.7 Å². The van der Waals surface area contributed by atoms with Gasteiger partial charge < -0.3 is 9.32 Å². The van der Waals surface area contributed by atoms with E-state index in [1.807, 2.05) is 25.7 Å². The molecule has 1 fully saturated rings. The number of rotatable bonds is 7. The normalized spacial score (nSPS) is 16.2. The molecular weight excluding hydrogens is 407 g/mol. The van der Waals surface area contributed by atoms with Gasteiger partial charge in [0.05, 0.1) is 11.7 Å². The van der Waals surface area contributed by atoms with Gasteiger partial charge in [-0.15, -0.1) is 10.2 Å². The first-order chi connectivity index (χ1) is 15.4. The Morgan fingerprint density at radius 1 is 1.19 bits per heavy atom. The lowest BCUT2D eigenvalue weighted by molar-refractivity contribution is -0.132. The number of carbonyl (C=O) groups excluding carboxylic acids is 1. The molecule has 0 aliphatic carbocycles. The van der Waals surface area contributed by atoms with E-state index in [2.05, 4.69) is 22.3 Å². The molecule has 0 bridgehead atoms. The predicted octanol–water partition coefficient (Wildman–Crippen LogP) is 4.92. The molecule has 3 heterocycles. The number of nitrogens with zero attached hydrogens (tertiary/aromatic N) is 4. The van der Waals surface area contributed by atoms with Gasteiger partial charge in [0, 0.05) is 31.0 Å². The molecule has 6 nitrogen and oxygen atoms in total. The highest BCUT2D eigenvalue weighted by Crippen LogP contribution is 2.32. The number of aryl methyl sites for hydroxylation is 2. The Bertz CT molecular complexity index is 1080. The molecule has 0 radical (unpaired) electrons. The SMILES string of the molecule is Cc1cc(Cc2ccc(F)cc2)cc([C@@H]2CCCN2C(=O)CCc2nnc(C(C)C)o2)n1. The molecule has 2 aromatic heterocycles. The zero-order chi connectivity index (χ0) is 22.7. The quantitative estimate of drug-likeness (QED) is 0.526. The van der Waals surface area contributed by atoms with Crippen molar-refractivity contribution >= 4 is 5.91 Å². The molecule has 7 heteroatoms. The molecule has 1 aliphatic rings. The second-order valence-corrected chi connectivity index (χ2v) is 8.78. The number of amides is 1. The maximum Gasteiger partial charge on any atom is 0.223 e. The van der Waals surface area contributed by atoms with Gasteiger partial charge in [0.15, 0.2) is 0 Å². The van der Waals surface area contributed by atoms with Crippen molar-refractivity contribution in [2.45, 2.75) is 64.8 Å². The molecule has 32 heavy (non-hydrogen) atoms. The minimum Gasteiger partial charge on any atom is -0.425 e. The van der Waals surface area contributed by atoms with Crippen LogP contribution in [0.2, 0.25) is 0 Å². The third-order valence-corrected chi connectivity index (χ3v) is 5.80. The highest BCUT2D eigenvalue weighted by Gasteiger charge is 2.31. The first kappa shape index (κ1) is 22.1. The number of pyridine rings is 1. The van der Waals surface area contributed by atoms with Crippen molar-refractivity contribution in [2.24, 2.45) is 0 Å². The Balaban J connectivity index is 1.45. The van der Waals surface area contributed by atoms with E-state index in [0.717, 1.165) is 41.9 Å². The van der Waals surface area contributed by atoms with Crippen LogP contribution >= 0.6 is 0 Å². The van der Waals surface area contributed by atoms with Gasteiger partial charge in [-0.2, -0.15) is 0 Å². The molecule has 0 saturated carbocycles. The Morgan fingerprint density at radius 3 is 2.69 bits per heavy atom. The van der Waals surface area contributed by atoms with Crippen LogP contribution in [0, 0.1) is 12.7 Å². The molecule has 0 spiro atoms. The lowest BCUT2D eigenvalue weighted by Crippen LogP contribution is -2.31. The molecule has 168 valence electrons. The summed E-state index contributed by atoms with van der Waals surface area (Å²) in [6.45, 7) is 6.70. The maximum absolute atomic E-state index is 13.2. The molecule has 0 N–H and O–H groups in total. The number of hydrogen-bond donors (Lipinski definition) is 0. The molecule has 3 aromatic rings. The summed E-state index contributed by atoms with van der Waals surface area (Å²) in [4.78, 5) is 19.7. The molecule has 1 saturated heterocycles. The molecular formula is C25H29FN4O2. The van der Waals surface area contributed by atoms with Crippen molar-refractivity contribution in [1.82, 2.24) is 20.1 Å². The molecule has 1 amide bonds. The Hall–Kier alpha value is -3.09. The highest BCUT2D eigenvalue weighted by molar-refractivity contribution is 5.77. The summed E-state index contributed by atoms with van der Waals surface area (Å²) in [5.74, 6) is 1.13. The molecule has 1 atom stereocenters. The molecule has 1 aromatic carbocycles. The van der Waals surface area contributed by atoms with Crippen LogP contribution in [0.4, 0.5) is 4.39 Å². The van der Waals surface area contributed by atoms with Crippen LogP contribution in [0.5, 0.6) is 0 Å². The minimum absolute atomic E-state index is 0.0247. The molecule has 1 aliphatic heterocycles. The maximum atomic E-state index is 13.2. The van der Waals surface area contributed by atoms with Gasteiger partial charge in [-0.05, 0) is 61.6 Å². The van der Waals surface area contributed by atoms with Crippen LogP contribution in [0.15, 0.2) is 40.8 Å². The van der Waals surface area contributed by atoms with Gasteiger partial charge in [-0.1, -0.05) is 26.0 Å². The second-order valence-electron chi connectivity index (χ2n) is 8.78. The van der Waals surface area contributed by atoms with Gasteiger partial charge in [-0.25, -0.2) is 4.39 Å².